The predicted octanol–water partition coefficient (Wildman–Crippen LogP) is 3.13. The van der Waals surface area contributed by atoms with E-state index in [1.165, 1.54) is 51.4 Å². The van der Waals surface area contributed by atoms with Gasteiger partial charge in [0.15, 0.2) is 0 Å². The van der Waals surface area contributed by atoms with Crippen molar-refractivity contribution in [2.75, 3.05) is 39.5 Å². The van der Waals surface area contributed by atoms with Gasteiger partial charge in [-0.05, 0) is 6.42 Å². The molecule has 0 aliphatic heterocycles. The number of carbonyl (C=O) groups is 1. The minimum atomic E-state index is -4.18. The number of unbranched alkanes of at least 4 members (excludes halogenated alkanes) is 9. The SMILES string of the molecule is CCCCCCCCCCCCNC(=O)CCC[N+](C)(C)CC(O)CS(=O)(=O)O. The van der Waals surface area contributed by atoms with Gasteiger partial charge in [0.1, 0.15) is 18.4 Å². The van der Waals surface area contributed by atoms with Crippen LogP contribution in [-0.2, 0) is 14.9 Å². The van der Waals surface area contributed by atoms with Crippen LogP contribution >= 0.6 is 0 Å². The molecule has 0 fully saturated rings. The lowest BCUT2D eigenvalue weighted by molar-refractivity contribution is -0.893. The zero-order valence-electron chi connectivity index (χ0n) is 18.9. The molecule has 0 spiro atoms. The van der Waals surface area contributed by atoms with Crippen LogP contribution in [-0.4, -0.2) is 74.1 Å². The molecule has 0 aliphatic carbocycles. The second-order valence-electron chi connectivity index (χ2n) is 8.88. The van der Waals surface area contributed by atoms with Crippen molar-refractivity contribution in [2.24, 2.45) is 0 Å². The van der Waals surface area contributed by atoms with Crippen LogP contribution in [0.1, 0.15) is 84.0 Å². The Morgan fingerprint density at radius 2 is 1.45 bits per heavy atom. The molecule has 7 nitrogen and oxygen atoms in total. The highest BCUT2D eigenvalue weighted by Gasteiger charge is 2.24. The number of nitrogens with one attached hydrogen (secondary N) is 1. The number of amides is 1. The molecule has 0 aromatic heterocycles. The maximum Gasteiger partial charge on any atom is 0.267 e. The van der Waals surface area contributed by atoms with E-state index in [4.69, 9.17) is 4.55 Å². The lowest BCUT2D eigenvalue weighted by Gasteiger charge is -2.31. The highest BCUT2D eigenvalue weighted by molar-refractivity contribution is 7.85. The van der Waals surface area contributed by atoms with E-state index in [2.05, 4.69) is 12.2 Å². The van der Waals surface area contributed by atoms with Gasteiger partial charge in [0, 0.05) is 19.4 Å². The van der Waals surface area contributed by atoms with Crippen molar-refractivity contribution in [3.05, 3.63) is 0 Å². The molecule has 0 radical (unpaired) electrons. The molecule has 29 heavy (non-hydrogen) atoms. The summed E-state index contributed by atoms with van der Waals surface area (Å²) in [4.78, 5) is 11.9. The number of aliphatic hydroxyl groups is 1. The van der Waals surface area contributed by atoms with E-state index >= 15 is 0 Å². The van der Waals surface area contributed by atoms with Gasteiger partial charge in [-0.2, -0.15) is 8.42 Å². The molecule has 8 heteroatoms. The zero-order chi connectivity index (χ0) is 22.2. The normalized spacial score (nSPS) is 13.4. The Bertz CT molecular complexity index is 523. The number of aliphatic hydroxyl groups excluding tert-OH is 1. The summed E-state index contributed by atoms with van der Waals surface area (Å²) in [6.07, 6.45) is 12.7. The lowest BCUT2D eigenvalue weighted by atomic mass is 10.1. The van der Waals surface area contributed by atoms with Crippen molar-refractivity contribution >= 4 is 16.0 Å². The van der Waals surface area contributed by atoms with Crippen LogP contribution in [0, 0.1) is 0 Å². The van der Waals surface area contributed by atoms with Gasteiger partial charge in [0.05, 0.1) is 20.6 Å². The minimum Gasteiger partial charge on any atom is -0.386 e. The second-order valence-corrected chi connectivity index (χ2v) is 10.4. The number of nitrogens with zero attached hydrogens (tertiary/aromatic N) is 1. The highest BCUT2D eigenvalue weighted by atomic mass is 32.2. The number of likely N-dealkylation sites (N-methyl/N-ethyl adjacent to an activating group) is 1. The van der Waals surface area contributed by atoms with Crippen LogP contribution in [0.3, 0.4) is 0 Å². The Labute approximate surface area is 178 Å². The lowest BCUT2D eigenvalue weighted by Crippen LogP contribution is -2.47. The Hall–Kier alpha value is -0.700. The largest absolute Gasteiger partial charge is 0.386 e. The summed E-state index contributed by atoms with van der Waals surface area (Å²) in [6, 6.07) is 0. The van der Waals surface area contributed by atoms with E-state index in [1.54, 1.807) is 0 Å². The summed E-state index contributed by atoms with van der Waals surface area (Å²) in [5, 5.41) is 12.7. The third-order valence-corrected chi connectivity index (χ3v) is 5.93. The fraction of sp³-hybridized carbons (Fsp3) is 0.952. The molecule has 1 atom stereocenters. The number of hydrogen-bond acceptors (Lipinski definition) is 4. The molecule has 0 heterocycles. The smallest absolute Gasteiger partial charge is 0.267 e. The molecule has 1 unspecified atom stereocenters. The van der Waals surface area contributed by atoms with Crippen molar-refractivity contribution < 1.29 is 27.4 Å². The van der Waals surface area contributed by atoms with Crippen LogP contribution in [0.5, 0.6) is 0 Å². The number of quaternary nitrogens is 1. The molecule has 0 bridgehead atoms. The maximum absolute atomic E-state index is 11.9. The zero-order valence-corrected chi connectivity index (χ0v) is 19.7. The van der Waals surface area contributed by atoms with Gasteiger partial charge in [-0.1, -0.05) is 64.7 Å². The molecule has 0 aliphatic rings. The summed E-state index contributed by atoms with van der Waals surface area (Å²) in [5.41, 5.74) is 0. The van der Waals surface area contributed by atoms with Gasteiger partial charge in [0.25, 0.3) is 10.1 Å². The standard InChI is InChI=1S/C21H44N2O5S/c1-4-5-6-7-8-9-10-11-12-13-16-22-21(25)15-14-17-23(2,3)18-20(24)19-29(26,27)28/h20,24H,4-19H2,1-3H3,(H-,22,25,26,27,28)/p+1. The summed E-state index contributed by atoms with van der Waals surface area (Å²) in [6.45, 7) is 3.82. The van der Waals surface area contributed by atoms with E-state index in [9.17, 15) is 18.3 Å². The molecule has 0 aromatic carbocycles. The molecular weight excluding hydrogens is 392 g/mol. The fourth-order valence-corrected chi connectivity index (χ4v) is 4.15. The van der Waals surface area contributed by atoms with E-state index in [1.807, 2.05) is 14.1 Å². The van der Waals surface area contributed by atoms with Gasteiger partial charge < -0.3 is 14.9 Å². The first kappa shape index (κ1) is 28.3. The Balaban J connectivity index is 3.64. The first-order valence-electron chi connectivity index (χ1n) is 11.3. The second kappa shape index (κ2) is 16.1. The predicted molar refractivity (Wildman–Crippen MR) is 118 cm³/mol. The van der Waals surface area contributed by atoms with Crippen LogP contribution in [0.25, 0.3) is 0 Å². The molecule has 0 saturated carbocycles. The quantitative estimate of drug-likeness (QED) is 0.164. The summed E-state index contributed by atoms with van der Waals surface area (Å²) >= 11 is 0. The van der Waals surface area contributed by atoms with Gasteiger partial charge in [0.2, 0.25) is 5.91 Å². The summed E-state index contributed by atoms with van der Waals surface area (Å²) < 4.78 is 30.8. The topological polar surface area (TPSA) is 104 Å². The molecule has 0 rings (SSSR count). The van der Waals surface area contributed by atoms with Crippen molar-refractivity contribution in [3.8, 4) is 0 Å². The molecular formula is C21H45N2O5S+. The minimum absolute atomic E-state index is 0.0411. The number of rotatable bonds is 19. The maximum atomic E-state index is 11.9. The first-order valence-corrected chi connectivity index (χ1v) is 12.9. The van der Waals surface area contributed by atoms with Crippen LogP contribution in [0.2, 0.25) is 0 Å². The average Bonchev–Trinajstić information content (AvgIpc) is 2.57. The van der Waals surface area contributed by atoms with Crippen LogP contribution in [0.4, 0.5) is 0 Å². The molecule has 1 amide bonds. The Morgan fingerprint density at radius 1 is 0.931 bits per heavy atom. The van der Waals surface area contributed by atoms with Crippen LogP contribution < -0.4 is 5.32 Å². The number of hydrogen-bond donors (Lipinski definition) is 3. The molecule has 3 N–H and O–H groups in total. The summed E-state index contributed by atoms with van der Waals surface area (Å²) in [7, 11) is -0.439. The van der Waals surface area contributed by atoms with Crippen molar-refractivity contribution in [1.29, 1.82) is 0 Å². The number of carbonyl (C=O) groups excluding carboxylic acids is 1. The highest BCUT2D eigenvalue weighted by Crippen LogP contribution is 2.10. The van der Waals surface area contributed by atoms with Crippen LogP contribution in [0.15, 0.2) is 0 Å². The van der Waals surface area contributed by atoms with Gasteiger partial charge in [-0.3, -0.25) is 9.35 Å². The van der Waals surface area contributed by atoms with Gasteiger partial charge in [-0.25, -0.2) is 0 Å². The third-order valence-electron chi connectivity index (χ3n) is 5.13. The molecule has 174 valence electrons. The van der Waals surface area contributed by atoms with Gasteiger partial charge >= 0.3 is 0 Å². The van der Waals surface area contributed by atoms with Crippen molar-refractivity contribution in [1.82, 2.24) is 5.32 Å². The average molecular weight is 438 g/mol. The first-order chi connectivity index (χ1) is 13.6. The Morgan fingerprint density at radius 3 is 1.97 bits per heavy atom. The van der Waals surface area contributed by atoms with Crippen molar-refractivity contribution in [3.63, 3.8) is 0 Å². The van der Waals surface area contributed by atoms with Crippen molar-refractivity contribution in [2.45, 2.75) is 90.1 Å². The van der Waals surface area contributed by atoms with Gasteiger partial charge in [-0.15, -0.1) is 0 Å². The molecule has 0 saturated heterocycles. The van der Waals surface area contributed by atoms with E-state index in [0.29, 0.717) is 23.9 Å². The van der Waals surface area contributed by atoms with E-state index < -0.39 is 22.0 Å². The van der Waals surface area contributed by atoms with E-state index in [0.717, 1.165) is 19.4 Å². The Kier molecular flexibility index (Phi) is 15.7. The fourth-order valence-electron chi connectivity index (χ4n) is 3.55. The van der Waals surface area contributed by atoms with E-state index in [-0.39, 0.29) is 12.5 Å². The third kappa shape index (κ3) is 20.4. The monoisotopic (exact) mass is 437 g/mol. The molecule has 0 aromatic rings. The summed E-state index contributed by atoms with van der Waals surface area (Å²) in [5.74, 6) is -0.618.